The second-order valence-electron chi connectivity index (χ2n) is 16.1. The summed E-state index contributed by atoms with van der Waals surface area (Å²) in [6.45, 7) is 0. The van der Waals surface area contributed by atoms with Crippen molar-refractivity contribution in [3.05, 3.63) is 142 Å². The Morgan fingerprint density at radius 2 is 0.988 bits per heavy atom. The Kier molecular flexibility index (Phi) is 30.0. The molecule has 0 unspecified atom stereocenters. The molecule has 86 heavy (non-hydrogen) atoms. The largest absolute Gasteiger partial charge is 0.497 e. The smallest absolute Gasteiger partial charge is 0.340 e. The van der Waals surface area contributed by atoms with Gasteiger partial charge in [0.15, 0.2) is 63.3 Å². The normalized spacial score (nSPS) is 9.98. The van der Waals surface area contributed by atoms with Crippen LogP contribution in [0, 0.1) is 0 Å². The number of aromatic carboxylic acids is 1. The van der Waals surface area contributed by atoms with Crippen LogP contribution in [0.25, 0.3) is 32.3 Å². The van der Waals surface area contributed by atoms with Crippen LogP contribution in [-0.2, 0) is 4.57 Å². The number of nitrogens with zero attached hydrogens (tertiary/aromatic N) is 6. The number of carbonyl (C=O) groups is 2. The van der Waals surface area contributed by atoms with Crippen LogP contribution in [0.5, 0.6) is 57.5 Å². The molecule has 0 spiro atoms. The summed E-state index contributed by atoms with van der Waals surface area (Å²) in [6, 6.07) is 29.3. The van der Waals surface area contributed by atoms with Gasteiger partial charge in [-0.1, -0.05) is 11.6 Å². The maximum absolute atomic E-state index is 11.6. The Bertz CT molecular complexity index is 3710. The molecule has 7 N–H and O–H groups in total. The molecule has 0 saturated heterocycles. The molecule has 0 amide bonds. The first-order valence-electron chi connectivity index (χ1n) is 24.4. The van der Waals surface area contributed by atoms with Gasteiger partial charge < -0.3 is 62.7 Å². The third-order valence-electron chi connectivity index (χ3n) is 11.5. The minimum absolute atomic E-state index is 0.0506. The molecule has 9 aromatic rings. The van der Waals surface area contributed by atoms with Crippen LogP contribution in [0.1, 0.15) is 20.7 Å². The maximum atomic E-state index is 11.6. The fraction of sp³-hybridized carbons (Fsp3) is 0.214. The summed E-state index contributed by atoms with van der Waals surface area (Å²) < 4.78 is 61.2. The van der Waals surface area contributed by atoms with E-state index in [0.717, 1.165) is 44.4 Å². The van der Waals surface area contributed by atoms with Gasteiger partial charge in [-0.05, 0) is 131 Å². The first kappa shape index (κ1) is 71.5. The first-order chi connectivity index (χ1) is 41.3. The fourth-order valence-corrected chi connectivity index (χ4v) is 7.85. The van der Waals surface area contributed by atoms with Crippen molar-refractivity contribution in [3.63, 3.8) is 0 Å². The Balaban J connectivity index is 0.000000280. The van der Waals surface area contributed by atoms with Crippen molar-refractivity contribution in [2.75, 3.05) is 95.4 Å². The number of carbonyl (C=O) groups excluding carboxylic acids is 1. The van der Waals surface area contributed by atoms with E-state index in [9.17, 15) is 18.9 Å². The molecule has 0 saturated carbocycles. The number of carboxylic acids is 1. The lowest BCUT2D eigenvalue weighted by molar-refractivity contribution is 0.0689. The molecular weight excluding hydrogens is 1230 g/mol. The van der Waals surface area contributed by atoms with E-state index in [0.29, 0.717) is 62.5 Å². The number of H-pyrrole nitrogens is 1. The van der Waals surface area contributed by atoms with Crippen LogP contribution < -0.4 is 74.8 Å². The molecule has 0 radical (unpaired) electrons. The summed E-state index contributed by atoms with van der Waals surface area (Å²) in [5, 5.41) is 35.6. The molecule has 6 aromatic carbocycles. The third kappa shape index (κ3) is 19.6. The van der Waals surface area contributed by atoms with Crippen molar-refractivity contribution in [2.45, 2.75) is 0 Å². The zero-order valence-electron chi connectivity index (χ0n) is 48.5. The highest BCUT2D eigenvalue weighted by Crippen LogP contribution is 2.61. The lowest BCUT2D eigenvalue weighted by Crippen LogP contribution is -2.12. The monoisotopic (exact) mass is 1290 g/mol. The molecule has 9 rings (SSSR count). The van der Waals surface area contributed by atoms with E-state index < -0.39 is 11.2 Å². The topological polar surface area (TPSA) is 328 Å². The van der Waals surface area contributed by atoms with Crippen LogP contribution >= 0.6 is 50.5 Å². The van der Waals surface area contributed by atoms with Gasteiger partial charge in [0.2, 0.25) is 0 Å². The zero-order chi connectivity index (χ0) is 64.1. The molecule has 0 atom stereocenters. The number of nitrogens with one attached hydrogen (secondary N) is 2. The number of aldehydes is 1. The van der Waals surface area contributed by atoms with Gasteiger partial charge in [0.05, 0.1) is 106 Å². The van der Waals surface area contributed by atoms with E-state index in [2.05, 4.69) is 81.3 Å². The number of aromatic amines is 1. The summed E-state index contributed by atoms with van der Waals surface area (Å²) in [6.07, 6.45) is 5.37. The maximum Gasteiger partial charge on any atom is 0.340 e. The van der Waals surface area contributed by atoms with Gasteiger partial charge in [-0.15, -0.1) is 10.2 Å². The van der Waals surface area contributed by atoms with Crippen LogP contribution in [0.2, 0.25) is 5.15 Å². The van der Waals surface area contributed by atoms with Gasteiger partial charge in [0, 0.05) is 47.2 Å². The first-order valence-corrected chi connectivity index (χ1v) is 29.2. The fourth-order valence-electron chi connectivity index (χ4n) is 7.61. The lowest BCUT2D eigenvalue weighted by atomic mass is 10.1. The quantitative estimate of drug-likeness (QED) is 0.0275. The van der Waals surface area contributed by atoms with E-state index in [1.807, 2.05) is 85.7 Å². The molecule has 0 aliphatic rings. The molecule has 30 heteroatoms. The number of benzene rings is 6. The van der Waals surface area contributed by atoms with E-state index in [1.165, 1.54) is 40.6 Å². The predicted molar refractivity (Wildman–Crippen MR) is 335 cm³/mol. The van der Waals surface area contributed by atoms with Gasteiger partial charge >= 0.3 is 11.2 Å². The Morgan fingerprint density at radius 1 is 0.581 bits per heavy atom. The van der Waals surface area contributed by atoms with Crippen molar-refractivity contribution >= 4 is 112 Å². The molecule has 25 nitrogen and oxygen atoms in total. The number of fused-ring (bicyclic) bond motifs is 3. The van der Waals surface area contributed by atoms with Gasteiger partial charge in [-0.3, -0.25) is 25.8 Å². The van der Waals surface area contributed by atoms with Crippen molar-refractivity contribution in [1.29, 1.82) is 0 Å². The van der Waals surface area contributed by atoms with Crippen molar-refractivity contribution in [2.24, 2.45) is 11.7 Å². The Morgan fingerprint density at radius 3 is 1.42 bits per heavy atom. The summed E-state index contributed by atoms with van der Waals surface area (Å²) >= 11 is 19.8. The van der Waals surface area contributed by atoms with Crippen molar-refractivity contribution < 1.29 is 66.6 Å². The predicted octanol–water partition coefficient (Wildman–Crippen LogP) is 11.2. The average molecular weight is 1290 g/mol. The molecule has 0 aliphatic heterocycles. The van der Waals surface area contributed by atoms with Gasteiger partial charge in [-0.2, -0.15) is 15.3 Å². The summed E-state index contributed by atoms with van der Waals surface area (Å²) in [5.74, 6) is 12.9. The number of carboxylic acid groups (broad SMARTS) is 1. The summed E-state index contributed by atoms with van der Waals surface area (Å²) in [7, 11) is 19.2. The van der Waals surface area contributed by atoms with Crippen molar-refractivity contribution in [1.82, 2.24) is 30.6 Å². The molecule has 3 heterocycles. The molecule has 3 aromatic heterocycles. The number of aromatic nitrogens is 6. The Hall–Kier alpha value is -8.81. The minimum Gasteiger partial charge on any atom is -0.497 e. The average Bonchev–Trinajstić information content (AvgIpc) is 1.30. The highest BCUT2D eigenvalue weighted by Gasteiger charge is 2.21. The second-order valence-corrected chi connectivity index (χ2v) is 23.1. The van der Waals surface area contributed by atoms with Crippen LogP contribution in [0.4, 0.5) is 17.2 Å². The number of anilines is 3. The zero-order valence-corrected chi connectivity index (χ0v) is 52.4. The van der Waals surface area contributed by atoms with Crippen LogP contribution in [0.15, 0.2) is 120 Å². The van der Waals surface area contributed by atoms with E-state index >= 15 is 0 Å². The SMILES string of the molecule is CNc1ccc(OC)cc1.COc1ccc(C=O)c(C(=O)O)c1OC.COc1ccc(N(C)c2nncc3ccc(OC)c(OC)c23)cc1.COc1ccc2cn[nH]c(=O)c2c1OC.COc1ccc2cnnc(Cl)c2c1OC.NN.O=P(Cl)(Cl)Cl. The molecule has 0 aliphatic carbocycles. The highest BCUT2D eigenvalue weighted by atomic mass is 36.0. The van der Waals surface area contributed by atoms with Crippen LogP contribution in [-0.4, -0.2) is 133 Å². The number of methoxy groups -OCH3 is 10. The number of ether oxygens (including phenoxy) is 10. The number of hydrazine groups is 1. The van der Waals surface area contributed by atoms with E-state index in [-0.39, 0.29) is 28.2 Å². The van der Waals surface area contributed by atoms with E-state index in [4.69, 9.17) is 64.1 Å². The molecule has 0 fully saturated rings. The summed E-state index contributed by atoms with van der Waals surface area (Å²) in [4.78, 5) is 35.1. The van der Waals surface area contributed by atoms with Crippen molar-refractivity contribution in [3.8, 4) is 57.5 Å². The van der Waals surface area contributed by atoms with Gasteiger partial charge in [0.25, 0.3) is 5.56 Å². The molecule has 460 valence electrons. The number of hydrogen-bond acceptors (Lipinski definition) is 23. The molecular formula is C56H63Cl4N10O15P. The molecule has 0 bridgehead atoms. The highest BCUT2D eigenvalue weighted by molar-refractivity contribution is 8.24. The van der Waals surface area contributed by atoms with Crippen LogP contribution in [0.3, 0.4) is 0 Å². The third-order valence-corrected chi connectivity index (χ3v) is 11.8. The Labute approximate surface area is 513 Å². The summed E-state index contributed by atoms with van der Waals surface area (Å²) in [5.41, 5.74) is 1.64. The number of rotatable bonds is 15. The van der Waals surface area contributed by atoms with Gasteiger partial charge in [-0.25, -0.2) is 9.89 Å². The minimum atomic E-state index is -3.22. The number of halogens is 4. The standard InChI is InChI=1S/C18H19N3O3.C10H9ClN2O2.C10H10N2O3.C10H10O5.C8H11NO.Cl3OP.H4N2/c1-21(13-6-8-14(22-2)9-7-13)18-16-12(11-19-20-18)5-10-15(23-3)17(16)24-4;1-14-7-4-3-6-5-12-13-10(11)8(6)9(7)15-2;1-14-7-4-3-6-5-11-12-10(13)8(6)9(7)15-2;1-14-7-4-3-6(5-11)8(10(12)13)9(7)15-2;1-9-7-3-5-8(10-2)6-4-7;1-5(2,3)4;1-2/h5-11H,1-4H3;3-5H,1-2H3;2*3-5H,1-2H3,(H,12,13);3-6,9H,1-2H3;;1-2H2. The van der Waals surface area contributed by atoms with Gasteiger partial charge in [0.1, 0.15) is 17.1 Å². The number of hydrogen-bond donors (Lipinski definition) is 5. The second kappa shape index (κ2) is 36.1. The number of nitrogens with two attached hydrogens (primary N) is 2. The lowest BCUT2D eigenvalue weighted by Gasteiger charge is -2.21. The van der Waals surface area contributed by atoms with E-state index in [1.54, 1.807) is 79.4 Å².